The van der Waals surface area contributed by atoms with Crippen molar-refractivity contribution < 1.29 is 42.0 Å². The van der Waals surface area contributed by atoms with Gasteiger partial charge >= 0.3 is 0 Å². The molecule has 5 heteroatoms. The minimum atomic E-state index is -0.154. The molecule has 0 aliphatic carbocycles. The van der Waals surface area contributed by atoms with Gasteiger partial charge in [0.2, 0.25) is 0 Å². The Kier molecular flexibility index (Phi) is 10.8. The summed E-state index contributed by atoms with van der Waals surface area (Å²) in [5.41, 5.74) is 1.88. The van der Waals surface area contributed by atoms with E-state index >= 15 is 0 Å². The van der Waals surface area contributed by atoms with E-state index in [9.17, 15) is 4.79 Å². The van der Waals surface area contributed by atoms with Crippen LogP contribution >= 0.6 is 0 Å². The van der Waals surface area contributed by atoms with Gasteiger partial charge in [0, 0.05) is 50.1 Å². The summed E-state index contributed by atoms with van der Waals surface area (Å²) in [5, 5.41) is 7.66. The van der Waals surface area contributed by atoms with E-state index in [0.717, 1.165) is 17.0 Å². The van der Waals surface area contributed by atoms with E-state index in [1.165, 1.54) is 7.05 Å². The summed E-state index contributed by atoms with van der Waals surface area (Å²) in [6, 6.07) is 0. The summed E-state index contributed by atoms with van der Waals surface area (Å²) >= 11 is 0. The normalized spacial score (nSPS) is 12.6. The number of aryl methyl sites for hydroxylation is 1. The van der Waals surface area contributed by atoms with Gasteiger partial charge in [-0.3, -0.25) is 0 Å². The summed E-state index contributed by atoms with van der Waals surface area (Å²) in [6.45, 7) is 12.7. The Bertz CT molecular complexity index is 364. The van der Waals surface area contributed by atoms with Gasteiger partial charge in [-0.25, -0.2) is 0 Å². The van der Waals surface area contributed by atoms with Gasteiger partial charge in [-0.15, -0.1) is 7.05 Å². The number of carbonyl (C=O) groups is 1. The minimum Gasteiger partial charge on any atom is -0.656 e. The first-order chi connectivity index (χ1) is 7.99. The fraction of sp³-hybridized carbons (Fsp3) is 0.615. The third-order valence-electron chi connectivity index (χ3n) is 2.98. The second kappa shape index (κ2) is 9.68. The maximum absolute atomic E-state index is 11.4. The number of carbonyl (C=O) groups excluding carboxylic acids is 1. The number of hydrogen-bond donors (Lipinski definition) is 0. The summed E-state index contributed by atoms with van der Waals surface area (Å²) in [6.07, 6.45) is 0. The van der Waals surface area contributed by atoms with Crippen LogP contribution in [-0.2, 0) is 37.5 Å². The van der Waals surface area contributed by atoms with Crippen LogP contribution in [0, 0.1) is 26.7 Å². The van der Waals surface area contributed by atoms with Gasteiger partial charge in [0.05, 0.1) is 11.6 Å². The average Bonchev–Trinajstić information content (AvgIpc) is 2.69. The molecule has 4 nitrogen and oxygen atoms in total. The molecular formula is C13H22N2O2Y-2. The second-order valence-corrected chi connectivity index (χ2v) is 3.89. The average molecular weight is 327 g/mol. The van der Waals surface area contributed by atoms with Gasteiger partial charge in [-0.1, -0.05) is 19.0 Å². The largest absolute Gasteiger partial charge is 0.656 e. The molecule has 2 unspecified atom stereocenters. The van der Waals surface area contributed by atoms with Crippen molar-refractivity contribution in [2.45, 2.75) is 40.5 Å². The third kappa shape index (κ3) is 4.81. The van der Waals surface area contributed by atoms with Crippen molar-refractivity contribution in [2.24, 2.45) is 5.92 Å². The Morgan fingerprint density at radius 2 is 1.83 bits per heavy atom. The first-order valence-electron chi connectivity index (χ1n) is 5.76. The Balaban J connectivity index is 0. The molecule has 1 heterocycles. The van der Waals surface area contributed by atoms with E-state index in [2.05, 4.69) is 17.4 Å². The van der Waals surface area contributed by atoms with Gasteiger partial charge in [-0.2, -0.15) is 6.92 Å². The molecule has 0 saturated carbocycles. The number of rotatable bonds is 3. The number of nitrogens with zero attached hydrogens (tertiary/aromatic N) is 2. The van der Waals surface area contributed by atoms with Gasteiger partial charge in [0.1, 0.15) is 5.76 Å². The molecule has 101 valence electrons. The fourth-order valence-corrected chi connectivity index (χ4v) is 1.51. The van der Waals surface area contributed by atoms with Crippen LogP contribution in [0.2, 0.25) is 0 Å². The predicted molar refractivity (Wildman–Crippen MR) is 68.9 cm³/mol. The van der Waals surface area contributed by atoms with Gasteiger partial charge in [0.15, 0.2) is 0 Å². The predicted octanol–water partition coefficient (Wildman–Crippen LogP) is 3.40. The van der Waals surface area contributed by atoms with Crippen LogP contribution in [0.5, 0.6) is 0 Å². The van der Waals surface area contributed by atoms with Crippen molar-refractivity contribution in [1.29, 1.82) is 0 Å². The summed E-state index contributed by atoms with van der Waals surface area (Å²) in [7, 11) is 1.52. The van der Waals surface area contributed by atoms with E-state index in [1.807, 2.05) is 27.7 Å². The molecule has 18 heavy (non-hydrogen) atoms. The van der Waals surface area contributed by atoms with Crippen LogP contribution in [0.25, 0.3) is 5.32 Å². The first kappa shape index (κ1) is 20.1. The van der Waals surface area contributed by atoms with Crippen molar-refractivity contribution in [3.8, 4) is 0 Å². The van der Waals surface area contributed by atoms with Crippen LogP contribution in [0.15, 0.2) is 4.52 Å². The van der Waals surface area contributed by atoms with Crippen LogP contribution in [0.3, 0.4) is 0 Å². The molecule has 1 amide bonds. The zero-order valence-electron chi connectivity index (χ0n) is 12.2. The summed E-state index contributed by atoms with van der Waals surface area (Å²) in [5.74, 6) is 0.601. The smallest absolute Gasteiger partial charge is 0.136 e. The number of hydrogen-bond acceptors (Lipinski definition) is 3. The van der Waals surface area contributed by atoms with E-state index in [-0.39, 0.29) is 50.5 Å². The molecule has 0 fully saturated rings. The van der Waals surface area contributed by atoms with Gasteiger partial charge in [0.25, 0.3) is 0 Å². The van der Waals surface area contributed by atoms with Gasteiger partial charge < -0.3 is 21.6 Å². The Morgan fingerprint density at radius 3 is 2.17 bits per heavy atom. The summed E-state index contributed by atoms with van der Waals surface area (Å²) < 4.78 is 5.09. The van der Waals surface area contributed by atoms with Gasteiger partial charge in [-0.05, 0) is 13.8 Å². The molecule has 0 aliphatic heterocycles. The molecule has 1 aromatic rings. The molecular weight excluding hydrogens is 305 g/mol. The van der Waals surface area contributed by atoms with Crippen molar-refractivity contribution in [3.05, 3.63) is 29.3 Å². The van der Waals surface area contributed by atoms with E-state index in [1.54, 1.807) is 6.92 Å². The number of aromatic nitrogens is 1. The van der Waals surface area contributed by atoms with E-state index in [4.69, 9.17) is 4.52 Å². The molecule has 0 spiro atoms. The molecule has 0 aliphatic rings. The monoisotopic (exact) mass is 327 g/mol. The summed E-state index contributed by atoms with van der Waals surface area (Å²) in [4.78, 5) is 11.4. The maximum atomic E-state index is 11.4. The maximum Gasteiger partial charge on any atom is 0.136 e. The molecule has 0 saturated heterocycles. The van der Waals surface area contributed by atoms with Crippen molar-refractivity contribution in [1.82, 2.24) is 5.16 Å². The molecule has 1 aromatic heterocycles. The Morgan fingerprint density at radius 1 is 1.33 bits per heavy atom. The Hall–Kier alpha value is -0.216. The topological polar surface area (TPSA) is 57.2 Å². The van der Waals surface area contributed by atoms with Crippen LogP contribution in [0.4, 0.5) is 0 Å². The Labute approximate surface area is 135 Å². The zero-order valence-corrected chi connectivity index (χ0v) is 15.0. The minimum absolute atomic E-state index is 0. The number of amides is 1. The SMILES string of the molecule is C[N-]C(=O)C(C)C(C)c1noc(C)c1C.[CH2-]C.[Y]. The molecule has 1 radical (unpaired) electrons. The third-order valence-corrected chi connectivity index (χ3v) is 2.98. The molecule has 0 aromatic carbocycles. The molecule has 0 bridgehead atoms. The van der Waals surface area contributed by atoms with Crippen LogP contribution < -0.4 is 0 Å². The molecule has 2 atom stereocenters. The quantitative estimate of drug-likeness (QED) is 0.800. The first-order valence-corrected chi connectivity index (χ1v) is 5.76. The fourth-order valence-electron chi connectivity index (χ4n) is 1.51. The van der Waals surface area contributed by atoms with Crippen molar-refractivity contribution in [3.63, 3.8) is 0 Å². The van der Waals surface area contributed by atoms with E-state index in [0.29, 0.717) is 0 Å². The zero-order chi connectivity index (χ0) is 13.6. The molecule has 1 rings (SSSR count). The van der Waals surface area contributed by atoms with E-state index < -0.39 is 0 Å². The second-order valence-electron chi connectivity index (χ2n) is 3.89. The van der Waals surface area contributed by atoms with Crippen LogP contribution in [0.1, 0.15) is 43.7 Å². The van der Waals surface area contributed by atoms with Crippen LogP contribution in [-0.4, -0.2) is 18.1 Å². The molecule has 0 N–H and O–H groups in total. The van der Waals surface area contributed by atoms with Crippen molar-refractivity contribution >= 4 is 5.91 Å². The standard InChI is InChI=1S/C11H18N2O2.C2H5.Y/c1-6(7(2)11(14)12-5)10-8(3)9(4)15-13-10;1-2;/h6-7H,1-5H3,(H,12,14);1H2,2H3;/q;-1;/p-1. The van der Waals surface area contributed by atoms with Crippen molar-refractivity contribution in [2.75, 3.05) is 7.05 Å².